The average molecular weight is 377 g/mol. The number of rotatable bonds is 8. The van der Waals surface area contributed by atoms with Gasteiger partial charge < -0.3 is 13.8 Å². The zero-order valence-corrected chi connectivity index (χ0v) is 16.0. The molecule has 1 aliphatic rings. The van der Waals surface area contributed by atoms with Gasteiger partial charge in [-0.3, -0.25) is 4.79 Å². The predicted molar refractivity (Wildman–Crippen MR) is 101 cm³/mol. The monoisotopic (exact) mass is 377 g/mol. The Bertz CT molecular complexity index is 839. The summed E-state index contributed by atoms with van der Waals surface area (Å²) in [4.78, 5) is 14.2. The number of nitrogens with zero attached hydrogens (tertiary/aromatic N) is 1. The normalized spacial score (nSPS) is 20.3. The topological polar surface area (TPSA) is 72.9 Å². The lowest BCUT2D eigenvalue weighted by Crippen LogP contribution is -2.60. The number of anilines is 1. The van der Waals surface area contributed by atoms with E-state index < -0.39 is 10.1 Å². The molecule has 1 heterocycles. The van der Waals surface area contributed by atoms with Crippen LogP contribution in [0.2, 0.25) is 0 Å². The number of β-lactam (4-membered cyclic amide) rings is 1. The Morgan fingerprint density at radius 2 is 1.92 bits per heavy atom. The van der Waals surface area contributed by atoms with Crippen molar-refractivity contribution in [1.82, 2.24) is 0 Å². The summed E-state index contributed by atoms with van der Waals surface area (Å²) in [6.07, 6.45) is 4.99. The minimum Gasteiger partial charge on any atom is -0.497 e. The third kappa shape index (κ3) is 4.35. The van der Waals surface area contributed by atoms with E-state index in [0.29, 0.717) is 17.7 Å². The Hall–Kier alpha value is -2.54. The summed E-state index contributed by atoms with van der Waals surface area (Å²) < 4.78 is 32.5. The smallest absolute Gasteiger partial charge is 0.306 e. The van der Waals surface area contributed by atoms with Crippen molar-refractivity contribution in [2.75, 3.05) is 18.3 Å². The zero-order valence-electron chi connectivity index (χ0n) is 15.1. The van der Waals surface area contributed by atoms with Gasteiger partial charge in [-0.15, -0.1) is 6.58 Å². The van der Waals surface area contributed by atoms with Gasteiger partial charge in [-0.05, 0) is 43.2 Å². The molecule has 0 bridgehead atoms. The number of methoxy groups -OCH3 is 1. The molecular weight excluding hydrogens is 354 g/mol. The Morgan fingerprint density at radius 3 is 2.42 bits per heavy atom. The van der Waals surface area contributed by atoms with E-state index in [9.17, 15) is 13.2 Å². The number of hydrogen-bond donors (Lipinski definition) is 0. The lowest BCUT2D eigenvalue weighted by Gasteiger charge is -2.46. The molecule has 1 aromatic carbocycles. The first kappa shape index (κ1) is 19.8. The summed E-state index contributed by atoms with van der Waals surface area (Å²) in [6, 6.07) is 6.93. The number of amides is 1. The van der Waals surface area contributed by atoms with Gasteiger partial charge in [0.05, 0.1) is 25.3 Å². The molecule has 1 fully saturated rings. The van der Waals surface area contributed by atoms with Gasteiger partial charge in [0.2, 0.25) is 5.91 Å². The minimum atomic E-state index is -3.65. The molecule has 2 atom stereocenters. The van der Waals surface area contributed by atoms with Gasteiger partial charge in [-0.2, -0.15) is 8.42 Å². The molecule has 6 nitrogen and oxygen atoms in total. The molecule has 0 aliphatic carbocycles. The summed E-state index contributed by atoms with van der Waals surface area (Å²) in [5, 5.41) is 0. The molecule has 1 saturated heterocycles. The molecular formula is C19H23NO5S. The van der Waals surface area contributed by atoms with Crippen LogP contribution in [-0.4, -0.2) is 33.7 Å². The van der Waals surface area contributed by atoms with Gasteiger partial charge in [0.15, 0.2) is 0 Å². The van der Waals surface area contributed by atoms with Crippen LogP contribution >= 0.6 is 0 Å². The van der Waals surface area contributed by atoms with E-state index in [-0.39, 0.29) is 23.6 Å². The van der Waals surface area contributed by atoms with Crippen molar-refractivity contribution in [3.8, 4) is 5.75 Å². The number of hydrogen-bond acceptors (Lipinski definition) is 5. The predicted octanol–water partition coefficient (Wildman–Crippen LogP) is 3.04. The van der Waals surface area contributed by atoms with E-state index in [0.717, 1.165) is 11.9 Å². The molecule has 2 unspecified atom stereocenters. The molecule has 0 saturated carbocycles. The van der Waals surface area contributed by atoms with Crippen LogP contribution in [0, 0.1) is 5.92 Å². The van der Waals surface area contributed by atoms with Crippen LogP contribution in [0.3, 0.4) is 0 Å². The highest BCUT2D eigenvalue weighted by molar-refractivity contribution is 7.86. The van der Waals surface area contributed by atoms with E-state index in [2.05, 4.69) is 13.2 Å². The number of allylic oxidation sites excluding steroid dienone is 2. The first-order chi connectivity index (χ1) is 12.2. The first-order valence-corrected chi connectivity index (χ1v) is 9.84. The van der Waals surface area contributed by atoms with E-state index in [1.807, 2.05) is 0 Å². The lowest BCUT2D eigenvalue weighted by molar-refractivity contribution is -0.128. The Morgan fingerprint density at radius 1 is 1.31 bits per heavy atom. The molecule has 26 heavy (non-hydrogen) atoms. The van der Waals surface area contributed by atoms with Crippen LogP contribution in [0.1, 0.15) is 13.3 Å². The second-order valence-corrected chi connectivity index (χ2v) is 7.66. The molecule has 140 valence electrons. The molecule has 0 radical (unpaired) electrons. The summed E-state index contributed by atoms with van der Waals surface area (Å²) in [5.41, 5.74) is 1.29. The van der Waals surface area contributed by atoms with Crippen LogP contribution < -0.4 is 9.64 Å². The summed E-state index contributed by atoms with van der Waals surface area (Å²) in [7, 11) is -2.08. The number of carbonyl (C=O) groups is 1. The highest BCUT2D eigenvalue weighted by Gasteiger charge is 2.46. The lowest BCUT2D eigenvalue weighted by atomic mass is 9.82. The molecule has 1 aliphatic heterocycles. The Labute approximate surface area is 154 Å². The fourth-order valence-electron chi connectivity index (χ4n) is 2.82. The van der Waals surface area contributed by atoms with Crippen molar-refractivity contribution in [3.05, 3.63) is 60.9 Å². The van der Waals surface area contributed by atoms with Crippen molar-refractivity contribution in [1.29, 1.82) is 0 Å². The van der Waals surface area contributed by atoms with Gasteiger partial charge in [-0.25, -0.2) is 0 Å². The van der Waals surface area contributed by atoms with Crippen LogP contribution in [0.15, 0.2) is 60.9 Å². The van der Waals surface area contributed by atoms with Gasteiger partial charge in [0.1, 0.15) is 11.5 Å². The molecule has 0 spiro atoms. The molecule has 0 aromatic heterocycles. The van der Waals surface area contributed by atoms with Gasteiger partial charge in [0.25, 0.3) is 0 Å². The van der Waals surface area contributed by atoms with Crippen LogP contribution in [0.25, 0.3) is 0 Å². The van der Waals surface area contributed by atoms with Crippen LogP contribution in [0.4, 0.5) is 5.69 Å². The highest BCUT2D eigenvalue weighted by Crippen LogP contribution is 2.37. The molecule has 0 N–H and O–H groups in total. The molecule has 7 heteroatoms. The van der Waals surface area contributed by atoms with E-state index in [1.54, 1.807) is 55.4 Å². The number of benzene rings is 1. The second kappa shape index (κ2) is 7.78. The molecule has 1 amide bonds. The maximum absolute atomic E-state index is 12.6. The van der Waals surface area contributed by atoms with E-state index in [4.69, 9.17) is 8.92 Å². The standard InChI is InChI=1S/C19H23NO5S/c1-6-7-17-18(12-13(2)14(3)25-26(5,22)23)20(19(17)21)15-8-10-16(24-4)11-9-15/h6,8-12,17-18H,1,3,7H2,2,4-5H3/b13-12+. The van der Waals surface area contributed by atoms with Crippen molar-refractivity contribution in [2.45, 2.75) is 19.4 Å². The molecule has 1 aromatic rings. The third-order valence-corrected chi connectivity index (χ3v) is 4.65. The van der Waals surface area contributed by atoms with Gasteiger partial charge >= 0.3 is 10.1 Å². The van der Waals surface area contributed by atoms with Crippen molar-refractivity contribution >= 4 is 21.7 Å². The van der Waals surface area contributed by atoms with Gasteiger partial charge in [-0.1, -0.05) is 18.7 Å². The Balaban J connectivity index is 2.30. The van der Waals surface area contributed by atoms with Crippen molar-refractivity contribution < 1.29 is 22.1 Å². The Kier molecular flexibility index (Phi) is 5.92. The largest absolute Gasteiger partial charge is 0.497 e. The fraction of sp³-hybridized carbons (Fsp3) is 0.316. The maximum atomic E-state index is 12.6. The number of carbonyl (C=O) groups excluding carboxylic acids is 1. The second-order valence-electron chi connectivity index (χ2n) is 6.09. The SMILES string of the molecule is C=CCC1C(=O)N(c2ccc(OC)cc2)C1/C=C(\C)C(=C)OS(C)(=O)=O. The third-order valence-electron chi connectivity index (χ3n) is 4.15. The number of ether oxygens (including phenoxy) is 1. The average Bonchev–Trinajstić information content (AvgIpc) is 2.58. The first-order valence-electron chi connectivity index (χ1n) is 8.03. The fourth-order valence-corrected chi connectivity index (χ4v) is 3.32. The summed E-state index contributed by atoms with van der Waals surface area (Å²) in [6.45, 7) is 9.06. The van der Waals surface area contributed by atoms with Crippen LogP contribution in [0.5, 0.6) is 5.75 Å². The summed E-state index contributed by atoms with van der Waals surface area (Å²) in [5.74, 6) is 0.468. The maximum Gasteiger partial charge on any atom is 0.306 e. The van der Waals surface area contributed by atoms with Gasteiger partial charge in [0, 0.05) is 5.69 Å². The van der Waals surface area contributed by atoms with Crippen molar-refractivity contribution in [3.63, 3.8) is 0 Å². The molecule has 2 rings (SSSR count). The minimum absolute atomic E-state index is 0.0150. The van der Waals surface area contributed by atoms with Crippen LogP contribution in [-0.2, 0) is 19.1 Å². The van der Waals surface area contributed by atoms with E-state index >= 15 is 0 Å². The summed E-state index contributed by atoms with van der Waals surface area (Å²) >= 11 is 0. The highest BCUT2D eigenvalue weighted by atomic mass is 32.2. The quantitative estimate of drug-likeness (QED) is 0.229. The van der Waals surface area contributed by atoms with Crippen molar-refractivity contribution in [2.24, 2.45) is 5.92 Å². The zero-order chi connectivity index (χ0) is 19.5. The van der Waals surface area contributed by atoms with E-state index in [1.165, 1.54) is 0 Å².